The molecule has 0 saturated heterocycles. The van der Waals surface area contributed by atoms with E-state index in [0.29, 0.717) is 12.0 Å². The van der Waals surface area contributed by atoms with Crippen molar-refractivity contribution in [2.24, 2.45) is 0 Å². The Kier molecular flexibility index (Phi) is 6.08. The van der Waals surface area contributed by atoms with Gasteiger partial charge in [-0.25, -0.2) is 4.98 Å². The maximum absolute atomic E-state index is 11.9. The summed E-state index contributed by atoms with van der Waals surface area (Å²) in [5.41, 5.74) is 5.36. The first-order valence-electron chi connectivity index (χ1n) is 10.7. The van der Waals surface area contributed by atoms with Gasteiger partial charge >= 0.3 is 0 Å². The molecule has 0 saturated carbocycles. The van der Waals surface area contributed by atoms with Crippen LogP contribution in [0.4, 0.5) is 5.69 Å². The van der Waals surface area contributed by atoms with Crippen LogP contribution in [-0.4, -0.2) is 38.0 Å². The summed E-state index contributed by atoms with van der Waals surface area (Å²) in [5.74, 6) is 0.513. The SMILES string of the molecule is CN[C@H](C)CN(C)c1c(C=O)sc2ccc3nc(-c4ccc(C(C)C)cc4)ccc3c12. The highest BCUT2D eigenvalue weighted by Crippen LogP contribution is 2.41. The average Bonchev–Trinajstić information content (AvgIpc) is 3.18. The van der Waals surface area contributed by atoms with Gasteiger partial charge in [-0.3, -0.25) is 4.79 Å². The first kappa shape index (κ1) is 21.5. The van der Waals surface area contributed by atoms with Gasteiger partial charge in [-0.05, 0) is 49.7 Å². The molecular weight excluding hydrogens is 402 g/mol. The van der Waals surface area contributed by atoms with Crippen molar-refractivity contribution >= 4 is 44.3 Å². The zero-order chi connectivity index (χ0) is 22.1. The number of hydrogen-bond donors (Lipinski definition) is 1. The molecule has 2 aromatic heterocycles. The van der Waals surface area contributed by atoms with Crippen LogP contribution in [0.5, 0.6) is 0 Å². The zero-order valence-corrected chi connectivity index (χ0v) is 19.6. The Morgan fingerprint density at radius 2 is 1.81 bits per heavy atom. The number of pyridine rings is 1. The highest BCUT2D eigenvalue weighted by Gasteiger charge is 2.19. The predicted octanol–water partition coefficient (Wildman–Crippen LogP) is 6.10. The average molecular weight is 432 g/mol. The highest BCUT2D eigenvalue weighted by molar-refractivity contribution is 7.21. The first-order valence-corrected chi connectivity index (χ1v) is 11.5. The largest absolute Gasteiger partial charge is 0.371 e. The number of nitrogens with one attached hydrogen (secondary N) is 1. The summed E-state index contributed by atoms with van der Waals surface area (Å²) in [5, 5.41) is 5.48. The van der Waals surface area contributed by atoms with E-state index in [0.717, 1.165) is 55.6 Å². The Hall–Kier alpha value is -2.76. The van der Waals surface area contributed by atoms with E-state index in [1.165, 1.54) is 5.56 Å². The molecule has 0 unspecified atom stereocenters. The number of rotatable bonds is 7. The maximum atomic E-state index is 11.9. The van der Waals surface area contributed by atoms with Crippen molar-refractivity contribution in [3.8, 4) is 11.3 Å². The minimum Gasteiger partial charge on any atom is -0.371 e. The molecule has 4 aromatic rings. The summed E-state index contributed by atoms with van der Waals surface area (Å²) in [7, 11) is 4.01. The van der Waals surface area contributed by atoms with Crippen LogP contribution in [0.25, 0.3) is 32.2 Å². The van der Waals surface area contributed by atoms with E-state index in [2.05, 4.69) is 86.6 Å². The van der Waals surface area contributed by atoms with Crippen molar-refractivity contribution in [1.29, 1.82) is 0 Å². The lowest BCUT2D eigenvalue weighted by atomic mass is 10.00. The molecule has 4 nitrogen and oxygen atoms in total. The molecule has 5 heteroatoms. The lowest BCUT2D eigenvalue weighted by molar-refractivity contribution is 0.112. The Morgan fingerprint density at radius 1 is 1.06 bits per heavy atom. The number of carbonyl (C=O) groups excluding carboxylic acids is 1. The topological polar surface area (TPSA) is 45.2 Å². The van der Waals surface area contributed by atoms with Crippen LogP contribution >= 0.6 is 11.3 Å². The van der Waals surface area contributed by atoms with Crippen molar-refractivity contribution in [2.45, 2.75) is 32.7 Å². The molecule has 0 amide bonds. The van der Waals surface area contributed by atoms with Crippen molar-refractivity contribution in [2.75, 3.05) is 25.5 Å². The predicted molar refractivity (Wildman–Crippen MR) is 134 cm³/mol. The van der Waals surface area contributed by atoms with Gasteiger partial charge in [0.2, 0.25) is 0 Å². The molecule has 0 spiro atoms. The van der Waals surface area contributed by atoms with Gasteiger partial charge in [0, 0.05) is 40.7 Å². The van der Waals surface area contributed by atoms with Gasteiger partial charge in [0.1, 0.15) is 0 Å². The number of aldehydes is 1. The van der Waals surface area contributed by atoms with E-state index in [4.69, 9.17) is 4.98 Å². The molecule has 160 valence electrons. The summed E-state index contributed by atoms with van der Waals surface area (Å²) in [6, 6.07) is 17.4. The van der Waals surface area contributed by atoms with Crippen molar-refractivity contribution in [1.82, 2.24) is 10.3 Å². The molecule has 0 fully saturated rings. The van der Waals surface area contributed by atoms with Gasteiger partial charge in [-0.15, -0.1) is 11.3 Å². The van der Waals surface area contributed by atoms with E-state index in [1.54, 1.807) is 11.3 Å². The second-order valence-electron chi connectivity index (χ2n) is 8.48. The number of anilines is 1. The second-order valence-corrected chi connectivity index (χ2v) is 9.57. The number of fused-ring (bicyclic) bond motifs is 3. The molecule has 0 aliphatic heterocycles. The summed E-state index contributed by atoms with van der Waals surface area (Å²) < 4.78 is 1.12. The van der Waals surface area contributed by atoms with Crippen molar-refractivity contribution in [3.63, 3.8) is 0 Å². The highest BCUT2D eigenvalue weighted by atomic mass is 32.1. The van der Waals surface area contributed by atoms with E-state index in [1.807, 2.05) is 7.05 Å². The molecule has 31 heavy (non-hydrogen) atoms. The van der Waals surface area contributed by atoms with Gasteiger partial charge in [0.25, 0.3) is 0 Å². The molecule has 0 radical (unpaired) electrons. The normalized spacial score (nSPS) is 12.6. The number of aromatic nitrogens is 1. The van der Waals surface area contributed by atoms with Gasteiger partial charge in [-0.2, -0.15) is 0 Å². The minimum atomic E-state index is 0.313. The molecule has 4 rings (SSSR count). The lowest BCUT2D eigenvalue weighted by Crippen LogP contribution is -2.35. The van der Waals surface area contributed by atoms with Crippen LogP contribution in [-0.2, 0) is 0 Å². The molecule has 1 atom stereocenters. The fourth-order valence-electron chi connectivity index (χ4n) is 4.06. The summed E-state index contributed by atoms with van der Waals surface area (Å²) in [6.45, 7) is 7.36. The molecule has 0 bridgehead atoms. The molecular formula is C26H29N3OS. The summed E-state index contributed by atoms with van der Waals surface area (Å²) in [6.07, 6.45) is 0.977. The fraction of sp³-hybridized carbons (Fsp3) is 0.308. The van der Waals surface area contributed by atoms with E-state index in [9.17, 15) is 4.79 Å². The Labute approximate surface area is 187 Å². The number of hydrogen-bond acceptors (Lipinski definition) is 5. The molecule has 0 aliphatic rings. The summed E-state index contributed by atoms with van der Waals surface area (Å²) >= 11 is 1.55. The third-order valence-electron chi connectivity index (χ3n) is 5.93. The van der Waals surface area contributed by atoms with Crippen molar-refractivity contribution in [3.05, 3.63) is 59.0 Å². The molecule has 1 N–H and O–H groups in total. The third-order valence-corrected chi connectivity index (χ3v) is 7.00. The Bertz CT molecular complexity index is 1230. The Balaban J connectivity index is 1.83. The van der Waals surface area contributed by atoms with Crippen LogP contribution in [0.1, 0.15) is 41.9 Å². The summed E-state index contributed by atoms with van der Waals surface area (Å²) in [4.78, 5) is 19.8. The van der Waals surface area contributed by atoms with Gasteiger partial charge < -0.3 is 10.2 Å². The van der Waals surface area contributed by atoms with Crippen LogP contribution in [0.3, 0.4) is 0 Å². The van der Waals surface area contributed by atoms with E-state index >= 15 is 0 Å². The fourth-order valence-corrected chi connectivity index (χ4v) is 5.14. The number of likely N-dealkylation sites (N-methyl/N-ethyl adjacent to an activating group) is 2. The monoisotopic (exact) mass is 431 g/mol. The molecule has 2 aromatic carbocycles. The van der Waals surface area contributed by atoms with Crippen molar-refractivity contribution < 1.29 is 4.79 Å². The lowest BCUT2D eigenvalue weighted by Gasteiger charge is -2.23. The quantitative estimate of drug-likeness (QED) is 0.359. The number of nitrogens with zero attached hydrogens (tertiary/aromatic N) is 2. The minimum absolute atomic E-state index is 0.313. The second kappa shape index (κ2) is 8.77. The molecule has 0 aliphatic carbocycles. The zero-order valence-electron chi connectivity index (χ0n) is 18.8. The smallest absolute Gasteiger partial charge is 0.162 e. The number of thiophene rings is 1. The Morgan fingerprint density at radius 3 is 2.45 bits per heavy atom. The van der Waals surface area contributed by atoms with E-state index in [-0.39, 0.29) is 0 Å². The van der Waals surface area contributed by atoms with E-state index < -0.39 is 0 Å². The van der Waals surface area contributed by atoms with Crippen LogP contribution in [0.2, 0.25) is 0 Å². The standard InChI is InChI=1S/C26H29N3OS/c1-16(2)18-6-8-19(9-7-18)21-11-10-20-22(28-21)12-13-23-25(20)26(24(15-30)31-23)29(5)14-17(3)27-4/h6-13,15-17,27H,14H2,1-5H3/t17-/m1/s1. The van der Waals surface area contributed by atoms with Gasteiger partial charge in [0.15, 0.2) is 6.29 Å². The number of benzene rings is 2. The molecule has 2 heterocycles. The number of carbonyl (C=O) groups is 1. The van der Waals surface area contributed by atoms with Crippen LogP contribution in [0, 0.1) is 0 Å². The van der Waals surface area contributed by atoms with Gasteiger partial charge in [-0.1, -0.05) is 38.1 Å². The van der Waals surface area contributed by atoms with Gasteiger partial charge in [0.05, 0.1) is 21.8 Å². The first-order chi connectivity index (χ1) is 14.9. The van der Waals surface area contributed by atoms with Crippen LogP contribution < -0.4 is 10.2 Å². The van der Waals surface area contributed by atoms with Crippen LogP contribution in [0.15, 0.2) is 48.5 Å². The maximum Gasteiger partial charge on any atom is 0.162 e. The third kappa shape index (κ3) is 4.08.